The van der Waals surface area contributed by atoms with Gasteiger partial charge in [-0.15, -0.1) is 0 Å². The van der Waals surface area contributed by atoms with Crippen LogP contribution in [0.3, 0.4) is 0 Å². The molecule has 0 spiro atoms. The van der Waals surface area contributed by atoms with Gasteiger partial charge < -0.3 is 21.1 Å². The highest BCUT2D eigenvalue weighted by Gasteiger charge is 2.14. The van der Waals surface area contributed by atoms with Crippen molar-refractivity contribution < 1.29 is 14.8 Å². The molecule has 0 fully saturated rings. The van der Waals surface area contributed by atoms with E-state index in [1.807, 2.05) is 18.2 Å². The van der Waals surface area contributed by atoms with Gasteiger partial charge in [-0.2, -0.15) is 4.98 Å². The van der Waals surface area contributed by atoms with Crippen molar-refractivity contribution in [1.29, 1.82) is 0 Å². The highest BCUT2D eigenvalue weighted by molar-refractivity contribution is 6.31. The number of benzene rings is 1. The Morgan fingerprint density at radius 3 is 2.52 bits per heavy atom. The van der Waals surface area contributed by atoms with Gasteiger partial charge in [0.15, 0.2) is 0 Å². The molecule has 4 N–H and O–H groups in total. The maximum absolute atomic E-state index is 11.5. The first-order chi connectivity index (χ1) is 14.9. The molecule has 0 atom stereocenters. The summed E-state index contributed by atoms with van der Waals surface area (Å²) in [5.74, 6) is -0.268. The minimum absolute atomic E-state index is 0.0641. The minimum Gasteiger partial charge on any atom is -0.477 e. The molecule has 2 aromatic heterocycles. The fourth-order valence-corrected chi connectivity index (χ4v) is 2.75. The number of carboxylic acids is 1. The molecule has 1 aromatic carbocycles. The van der Waals surface area contributed by atoms with Crippen LogP contribution in [0.2, 0.25) is 5.02 Å². The summed E-state index contributed by atoms with van der Waals surface area (Å²) in [6.07, 6.45) is 2.39. The van der Waals surface area contributed by atoms with Crippen molar-refractivity contribution in [3.63, 3.8) is 0 Å². The van der Waals surface area contributed by atoms with Crippen LogP contribution in [0.5, 0.6) is 0 Å². The molecule has 0 aliphatic heterocycles. The molecule has 0 saturated carbocycles. The lowest BCUT2D eigenvalue weighted by Crippen LogP contribution is -2.17. The van der Waals surface area contributed by atoms with E-state index in [0.29, 0.717) is 30.5 Å². The van der Waals surface area contributed by atoms with E-state index >= 15 is 0 Å². The predicted molar refractivity (Wildman–Crippen MR) is 116 cm³/mol. The highest BCUT2D eigenvalue weighted by atomic mass is 35.5. The van der Waals surface area contributed by atoms with Crippen LogP contribution in [0.15, 0.2) is 48.8 Å². The number of nitrogens with zero attached hydrogens (tertiary/aromatic N) is 4. The van der Waals surface area contributed by atoms with Crippen molar-refractivity contribution >= 4 is 40.8 Å². The fourth-order valence-electron chi connectivity index (χ4n) is 2.54. The molecule has 11 nitrogen and oxygen atoms in total. The summed E-state index contributed by atoms with van der Waals surface area (Å²) < 4.78 is 0. The molecule has 0 radical (unpaired) electrons. The molecule has 3 aromatic rings. The van der Waals surface area contributed by atoms with Gasteiger partial charge in [0.2, 0.25) is 5.95 Å². The summed E-state index contributed by atoms with van der Waals surface area (Å²) in [5, 5.41) is 29.5. The van der Waals surface area contributed by atoms with Crippen molar-refractivity contribution in [3.8, 4) is 0 Å². The number of nitrogens with one attached hydrogen (secondary N) is 3. The summed E-state index contributed by atoms with van der Waals surface area (Å²) in [4.78, 5) is 33.8. The van der Waals surface area contributed by atoms with Crippen LogP contribution < -0.4 is 16.0 Å². The molecular formula is C19H18ClN7O4. The Labute approximate surface area is 181 Å². The van der Waals surface area contributed by atoms with Gasteiger partial charge in [0.1, 0.15) is 23.4 Å². The molecule has 160 valence electrons. The van der Waals surface area contributed by atoms with Gasteiger partial charge in [-0.25, -0.2) is 14.8 Å². The van der Waals surface area contributed by atoms with Crippen LogP contribution in [0.1, 0.15) is 15.9 Å². The number of hydrogen-bond donors (Lipinski definition) is 4. The standard InChI is InChI=1S/C19H18ClN7O4/c20-15-4-2-1-3-12(15)9-24-17-14(18(28)29)11-25-19(26-17)22-8-7-21-16-6-5-13(10-23-16)27(30)31/h1-6,10-11H,7-9H2,(H,21,23)(H,28,29)(H2,22,24,25,26). The maximum Gasteiger partial charge on any atom is 0.341 e. The van der Waals surface area contributed by atoms with E-state index in [2.05, 4.69) is 30.9 Å². The molecule has 0 aliphatic carbocycles. The smallest absolute Gasteiger partial charge is 0.341 e. The van der Waals surface area contributed by atoms with Gasteiger partial charge in [0.05, 0.1) is 4.92 Å². The highest BCUT2D eigenvalue weighted by Crippen LogP contribution is 2.19. The summed E-state index contributed by atoms with van der Waals surface area (Å²) in [6, 6.07) is 10.1. The second-order valence-corrected chi connectivity index (χ2v) is 6.63. The number of anilines is 3. The number of carbonyl (C=O) groups is 1. The normalized spacial score (nSPS) is 10.4. The Bertz CT molecular complexity index is 1080. The topological polar surface area (TPSA) is 155 Å². The Balaban J connectivity index is 1.58. The van der Waals surface area contributed by atoms with Gasteiger partial charge in [-0.05, 0) is 17.7 Å². The second kappa shape index (κ2) is 10.2. The van der Waals surface area contributed by atoms with Crippen molar-refractivity contribution in [3.05, 3.63) is 75.1 Å². The predicted octanol–water partition coefficient (Wildman–Crippen LogP) is 3.27. The first kappa shape index (κ1) is 21.7. The molecule has 0 saturated heterocycles. The van der Waals surface area contributed by atoms with Crippen LogP contribution in [-0.2, 0) is 6.54 Å². The van der Waals surface area contributed by atoms with Gasteiger partial charge >= 0.3 is 5.97 Å². The number of aromatic carboxylic acids is 1. The zero-order valence-electron chi connectivity index (χ0n) is 16.1. The van der Waals surface area contributed by atoms with Crippen molar-refractivity contribution in [1.82, 2.24) is 15.0 Å². The lowest BCUT2D eigenvalue weighted by atomic mass is 10.2. The molecule has 2 heterocycles. The number of rotatable bonds is 10. The van der Waals surface area contributed by atoms with Crippen LogP contribution in [-0.4, -0.2) is 44.0 Å². The Morgan fingerprint density at radius 1 is 1.06 bits per heavy atom. The summed E-state index contributed by atoms with van der Waals surface area (Å²) >= 11 is 6.14. The lowest BCUT2D eigenvalue weighted by Gasteiger charge is -2.12. The van der Waals surface area contributed by atoms with Gasteiger partial charge in [-0.3, -0.25) is 10.1 Å². The zero-order chi connectivity index (χ0) is 22.2. The van der Waals surface area contributed by atoms with E-state index < -0.39 is 10.9 Å². The SMILES string of the molecule is O=C(O)c1cnc(NCCNc2ccc([N+](=O)[O-])cn2)nc1NCc1ccccc1Cl. The number of aromatic nitrogens is 3. The van der Waals surface area contributed by atoms with E-state index in [4.69, 9.17) is 11.6 Å². The molecule has 0 bridgehead atoms. The maximum atomic E-state index is 11.5. The average Bonchev–Trinajstić information content (AvgIpc) is 2.76. The van der Waals surface area contributed by atoms with E-state index in [9.17, 15) is 20.0 Å². The molecule has 12 heteroatoms. The van der Waals surface area contributed by atoms with Crippen molar-refractivity contribution in [2.45, 2.75) is 6.54 Å². The first-order valence-corrected chi connectivity index (χ1v) is 9.47. The zero-order valence-corrected chi connectivity index (χ0v) is 16.8. The van der Waals surface area contributed by atoms with Crippen LogP contribution >= 0.6 is 11.6 Å². The average molecular weight is 444 g/mol. The molecular weight excluding hydrogens is 426 g/mol. The summed E-state index contributed by atoms with van der Waals surface area (Å²) in [5.41, 5.74) is 0.645. The number of carboxylic acid groups (broad SMARTS) is 1. The van der Waals surface area contributed by atoms with Crippen LogP contribution in [0, 0.1) is 10.1 Å². The monoisotopic (exact) mass is 443 g/mol. The van der Waals surface area contributed by atoms with Gasteiger partial charge in [0, 0.05) is 36.9 Å². The van der Waals surface area contributed by atoms with Gasteiger partial charge in [-0.1, -0.05) is 29.8 Å². The number of hydrogen-bond acceptors (Lipinski definition) is 9. The second-order valence-electron chi connectivity index (χ2n) is 6.22. The molecule has 3 rings (SSSR count). The molecule has 0 amide bonds. The van der Waals surface area contributed by atoms with Crippen LogP contribution in [0.4, 0.5) is 23.3 Å². The van der Waals surface area contributed by atoms with Crippen molar-refractivity contribution in [2.24, 2.45) is 0 Å². The summed E-state index contributed by atoms with van der Waals surface area (Å²) in [7, 11) is 0. The Morgan fingerprint density at radius 2 is 1.84 bits per heavy atom. The first-order valence-electron chi connectivity index (χ1n) is 9.10. The van der Waals surface area contributed by atoms with Gasteiger partial charge in [0.25, 0.3) is 5.69 Å². The van der Waals surface area contributed by atoms with E-state index in [1.165, 1.54) is 24.5 Å². The van der Waals surface area contributed by atoms with E-state index in [1.54, 1.807) is 6.07 Å². The molecule has 31 heavy (non-hydrogen) atoms. The Kier molecular flexibility index (Phi) is 7.12. The third-order valence-corrected chi connectivity index (χ3v) is 4.46. The minimum atomic E-state index is -1.15. The lowest BCUT2D eigenvalue weighted by molar-refractivity contribution is -0.385. The van der Waals surface area contributed by atoms with Crippen LogP contribution in [0.25, 0.3) is 0 Å². The summed E-state index contributed by atoms with van der Waals surface area (Å²) in [6.45, 7) is 1.12. The number of halogens is 1. The third-order valence-electron chi connectivity index (χ3n) is 4.10. The quantitative estimate of drug-likeness (QED) is 0.208. The number of nitro groups is 1. The van der Waals surface area contributed by atoms with E-state index in [0.717, 1.165) is 5.56 Å². The third kappa shape index (κ3) is 6.00. The fraction of sp³-hybridized carbons (Fsp3) is 0.158. The largest absolute Gasteiger partial charge is 0.477 e. The van der Waals surface area contributed by atoms with Crippen molar-refractivity contribution in [2.75, 3.05) is 29.0 Å². The molecule has 0 unspecified atom stereocenters. The van der Waals surface area contributed by atoms with E-state index in [-0.39, 0.29) is 23.0 Å². The Hall–Kier alpha value is -3.99. The number of pyridine rings is 1. The molecule has 0 aliphatic rings.